The molecule has 0 aliphatic carbocycles. The van der Waals surface area contributed by atoms with Gasteiger partial charge in [-0.3, -0.25) is 9.59 Å². The Morgan fingerprint density at radius 3 is 1.47 bits per heavy atom. The van der Waals surface area contributed by atoms with Gasteiger partial charge in [0.2, 0.25) is 5.91 Å². The first-order chi connectivity index (χ1) is 28.5. The van der Waals surface area contributed by atoms with Gasteiger partial charge in [0.05, 0.1) is 25.2 Å². The summed E-state index contributed by atoms with van der Waals surface area (Å²) < 4.78 is 5.89. The van der Waals surface area contributed by atoms with Crippen molar-refractivity contribution in [1.82, 2.24) is 5.32 Å². The molecule has 0 saturated heterocycles. The van der Waals surface area contributed by atoms with Crippen LogP contribution in [0.5, 0.6) is 0 Å². The Balaban J connectivity index is 4.67. The van der Waals surface area contributed by atoms with Crippen molar-refractivity contribution in [3.8, 4) is 0 Å². The molecular weight excluding hydrogens is 719 g/mol. The number of carbonyl (C=O) groups excluding carboxylic acids is 2. The summed E-state index contributed by atoms with van der Waals surface area (Å²) in [5.74, 6) is -0.543. The van der Waals surface area contributed by atoms with Gasteiger partial charge in [-0.2, -0.15) is 0 Å². The molecular formula is C52H91NO5. The lowest BCUT2D eigenvalue weighted by molar-refractivity contribution is -0.151. The van der Waals surface area contributed by atoms with Crippen molar-refractivity contribution < 1.29 is 24.5 Å². The largest absolute Gasteiger partial charge is 0.462 e. The highest BCUT2D eigenvalue weighted by molar-refractivity contribution is 5.77. The standard InChI is InChI=1S/C52H91NO5/c1-4-7-10-13-16-19-22-24-25-26-27-28-30-33-36-39-42-45-52(57)58-48(43-40-37-34-31-29-23-20-17-14-11-8-5-2)46-51(56)53-49(47-54)50(55)44-41-38-35-32-21-18-15-12-9-6-3/h8,11,16-17,19-20,24-25,27-29,31,48-50,54-55H,4-7,9-10,12-15,18,21-23,26,30,32-47H2,1-3H3,(H,53,56)/b11-8+,19-16-,20-17+,25-24-,28-27-,31-29+. The Hall–Kier alpha value is -2.70. The summed E-state index contributed by atoms with van der Waals surface area (Å²) in [5, 5.41) is 23.6. The summed E-state index contributed by atoms with van der Waals surface area (Å²) in [4.78, 5) is 26.0. The number of esters is 1. The Morgan fingerprint density at radius 1 is 0.517 bits per heavy atom. The average molecular weight is 810 g/mol. The molecule has 6 nitrogen and oxygen atoms in total. The fourth-order valence-corrected chi connectivity index (χ4v) is 6.86. The Bertz CT molecular complexity index is 1090. The van der Waals surface area contributed by atoms with Crippen LogP contribution >= 0.6 is 0 Å². The van der Waals surface area contributed by atoms with Crippen LogP contribution in [-0.2, 0) is 14.3 Å². The maximum absolute atomic E-state index is 13.1. The molecule has 0 spiro atoms. The first kappa shape index (κ1) is 55.3. The third-order valence-corrected chi connectivity index (χ3v) is 10.5. The molecule has 1 amide bonds. The molecule has 3 N–H and O–H groups in total. The predicted molar refractivity (Wildman–Crippen MR) is 250 cm³/mol. The van der Waals surface area contributed by atoms with Crippen molar-refractivity contribution in [2.24, 2.45) is 0 Å². The SMILES string of the molecule is CC/C=C/C/C=C/C/C=C/CCCCC(CC(=O)NC(CO)C(O)CCCCCCCCCCCC)OC(=O)CCCCCC/C=C\C/C=C\C/C=C\CCCCC. The second kappa shape index (κ2) is 45.4. The number of allylic oxidation sites excluding steroid dienone is 12. The van der Waals surface area contributed by atoms with Crippen LogP contribution in [0, 0.1) is 0 Å². The maximum Gasteiger partial charge on any atom is 0.306 e. The molecule has 0 radical (unpaired) electrons. The first-order valence-electron chi connectivity index (χ1n) is 24.2. The lowest BCUT2D eigenvalue weighted by Gasteiger charge is -2.24. The molecule has 0 aliphatic rings. The lowest BCUT2D eigenvalue weighted by atomic mass is 10.0. The van der Waals surface area contributed by atoms with Gasteiger partial charge in [0.15, 0.2) is 0 Å². The van der Waals surface area contributed by atoms with Crippen molar-refractivity contribution in [2.45, 2.75) is 238 Å². The number of nitrogens with one attached hydrogen (secondary N) is 1. The van der Waals surface area contributed by atoms with Gasteiger partial charge in [-0.05, 0) is 96.3 Å². The molecule has 0 aliphatic heterocycles. The Kier molecular flexibility index (Phi) is 43.3. The van der Waals surface area contributed by atoms with Gasteiger partial charge in [0.25, 0.3) is 0 Å². The number of aliphatic hydroxyl groups is 2. The second-order valence-corrected chi connectivity index (χ2v) is 16.1. The van der Waals surface area contributed by atoms with Crippen molar-refractivity contribution in [2.75, 3.05) is 6.61 Å². The van der Waals surface area contributed by atoms with Crippen LogP contribution < -0.4 is 5.32 Å². The summed E-state index contributed by atoms with van der Waals surface area (Å²) >= 11 is 0. The van der Waals surface area contributed by atoms with E-state index in [0.29, 0.717) is 19.3 Å². The molecule has 0 heterocycles. The van der Waals surface area contributed by atoms with E-state index in [1.807, 2.05) is 0 Å². The number of hydrogen-bond acceptors (Lipinski definition) is 5. The van der Waals surface area contributed by atoms with E-state index >= 15 is 0 Å². The first-order valence-corrected chi connectivity index (χ1v) is 24.2. The lowest BCUT2D eigenvalue weighted by Crippen LogP contribution is -2.46. The van der Waals surface area contributed by atoms with Crippen LogP contribution in [0.15, 0.2) is 72.9 Å². The molecule has 0 aromatic heterocycles. The van der Waals surface area contributed by atoms with E-state index in [4.69, 9.17) is 4.74 Å². The van der Waals surface area contributed by atoms with Gasteiger partial charge in [0, 0.05) is 6.42 Å². The van der Waals surface area contributed by atoms with E-state index < -0.39 is 18.2 Å². The number of carbonyl (C=O) groups is 2. The number of amides is 1. The van der Waals surface area contributed by atoms with Gasteiger partial charge < -0.3 is 20.3 Å². The normalized spacial score (nSPS) is 13.9. The topological polar surface area (TPSA) is 95.9 Å². The highest BCUT2D eigenvalue weighted by atomic mass is 16.5. The third-order valence-electron chi connectivity index (χ3n) is 10.5. The fourth-order valence-electron chi connectivity index (χ4n) is 6.86. The van der Waals surface area contributed by atoms with Gasteiger partial charge in [-0.25, -0.2) is 0 Å². The number of aliphatic hydroxyl groups excluding tert-OH is 2. The predicted octanol–water partition coefficient (Wildman–Crippen LogP) is 14.2. The summed E-state index contributed by atoms with van der Waals surface area (Å²) in [7, 11) is 0. The van der Waals surface area contributed by atoms with Crippen molar-refractivity contribution in [3.63, 3.8) is 0 Å². The van der Waals surface area contributed by atoms with E-state index in [9.17, 15) is 19.8 Å². The molecule has 334 valence electrons. The molecule has 0 aromatic rings. The minimum Gasteiger partial charge on any atom is -0.462 e. The summed E-state index contributed by atoms with van der Waals surface area (Å²) in [6.07, 6.45) is 56.8. The van der Waals surface area contributed by atoms with E-state index in [-0.39, 0.29) is 24.9 Å². The third kappa shape index (κ3) is 40.1. The summed E-state index contributed by atoms with van der Waals surface area (Å²) in [5.41, 5.74) is 0. The molecule has 58 heavy (non-hydrogen) atoms. The zero-order chi connectivity index (χ0) is 42.4. The van der Waals surface area contributed by atoms with Gasteiger partial charge in [0.1, 0.15) is 6.10 Å². The van der Waals surface area contributed by atoms with Crippen molar-refractivity contribution in [1.29, 1.82) is 0 Å². The van der Waals surface area contributed by atoms with Crippen LogP contribution in [0.3, 0.4) is 0 Å². The van der Waals surface area contributed by atoms with Crippen LogP contribution in [0.2, 0.25) is 0 Å². The van der Waals surface area contributed by atoms with Crippen LogP contribution in [-0.4, -0.2) is 46.9 Å². The second-order valence-electron chi connectivity index (χ2n) is 16.1. The quantitative estimate of drug-likeness (QED) is 0.0324. The highest BCUT2D eigenvalue weighted by Gasteiger charge is 2.24. The van der Waals surface area contributed by atoms with Crippen LogP contribution in [0.25, 0.3) is 0 Å². The molecule has 0 rings (SSSR count). The molecule has 6 heteroatoms. The smallest absolute Gasteiger partial charge is 0.306 e. The molecule has 3 unspecified atom stereocenters. The van der Waals surface area contributed by atoms with Crippen molar-refractivity contribution in [3.05, 3.63) is 72.9 Å². The minimum absolute atomic E-state index is 0.0393. The van der Waals surface area contributed by atoms with Gasteiger partial charge in [-0.15, -0.1) is 0 Å². The molecule has 3 atom stereocenters. The van der Waals surface area contributed by atoms with E-state index in [1.54, 1.807) is 0 Å². The van der Waals surface area contributed by atoms with Crippen molar-refractivity contribution >= 4 is 11.9 Å². The minimum atomic E-state index is -0.803. The van der Waals surface area contributed by atoms with E-state index in [0.717, 1.165) is 103 Å². The monoisotopic (exact) mass is 810 g/mol. The van der Waals surface area contributed by atoms with Gasteiger partial charge >= 0.3 is 5.97 Å². The highest BCUT2D eigenvalue weighted by Crippen LogP contribution is 2.16. The average Bonchev–Trinajstić information content (AvgIpc) is 3.22. The number of unbranched alkanes of at least 4 members (excludes halogenated alkanes) is 18. The number of hydrogen-bond donors (Lipinski definition) is 3. The zero-order valence-electron chi connectivity index (χ0n) is 37.9. The van der Waals surface area contributed by atoms with Gasteiger partial charge in [-0.1, -0.05) is 184 Å². The van der Waals surface area contributed by atoms with Crippen LogP contribution in [0.4, 0.5) is 0 Å². The van der Waals surface area contributed by atoms with Crippen LogP contribution in [0.1, 0.15) is 220 Å². The Morgan fingerprint density at radius 2 is 0.931 bits per heavy atom. The Labute approximate surface area is 358 Å². The fraction of sp³-hybridized carbons (Fsp3) is 0.731. The maximum atomic E-state index is 13.1. The molecule has 0 fully saturated rings. The molecule has 0 bridgehead atoms. The molecule has 0 aromatic carbocycles. The summed E-state index contributed by atoms with van der Waals surface area (Å²) in [6.45, 7) is 6.30. The summed E-state index contributed by atoms with van der Waals surface area (Å²) in [6, 6.07) is -0.720. The number of rotatable bonds is 42. The number of ether oxygens (including phenoxy) is 1. The molecule has 0 saturated carbocycles. The van der Waals surface area contributed by atoms with E-state index in [2.05, 4.69) is 99.0 Å². The zero-order valence-corrected chi connectivity index (χ0v) is 37.9. The van der Waals surface area contributed by atoms with E-state index in [1.165, 1.54) is 70.6 Å².